The molecule has 1 aromatic carbocycles. The van der Waals surface area contributed by atoms with Gasteiger partial charge in [-0.1, -0.05) is 50.6 Å². The third-order valence-corrected chi connectivity index (χ3v) is 2.86. The summed E-state index contributed by atoms with van der Waals surface area (Å²) in [5.41, 5.74) is 3.23. The second kappa shape index (κ2) is 6.58. The summed E-state index contributed by atoms with van der Waals surface area (Å²) in [6.45, 7) is 14.5. The number of hydrogen-bond donors (Lipinski definition) is 1. The number of rotatable bonds is 4. The molecule has 0 aromatic heterocycles. The van der Waals surface area contributed by atoms with Crippen molar-refractivity contribution < 1.29 is 0 Å². The fraction of sp³-hybridized carbons (Fsp3) is 0.625. The van der Waals surface area contributed by atoms with Crippen LogP contribution in [0.3, 0.4) is 0 Å². The lowest BCUT2D eigenvalue weighted by Gasteiger charge is -2.33. The Labute approximate surface area is 119 Å². The van der Waals surface area contributed by atoms with Gasteiger partial charge < -0.3 is 5.32 Å². The van der Waals surface area contributed by atoms with Crippen LogP contribution in [-0.2, 0) is 6.54 Å². The lowest BCUT2D eigenvalue weighted by atomic mass is 9.82. The molecule has 18 heavy (non-hydrogen) atoms. The van der Waals surface area contributed by atoms with Crippen molar-refractivity contribution in [3.63, 3.8) is 0 Å². The Kier molecular flexibility index (Phi) is 6.39. The van der Waals surface area contributed by atoms with Gasteiger partial charge in [0.2, 0.25) is 0 Å². The van der Waals surface area contributed by atoms with Crippen LogP contribution in [0.4, 0.5) is 0 Å². The van der Waals surface area contributed by atoms with Gasteiger partial charge in [0.25, 0.3) is 0 Å². The molecule has 0 heterocycles. The van der Waals surface area contributed by atoms with Crippen molar-refractivity contribution in [2.75, 3.05) is 0 Å². The van der Waals surface area contributed by atoms with Crippen LogP contribution in [0.15, 0.2) is 24.3 Å². The minimum Gasteiger partial charge on any atom is -0.308 e. The average Bonchev–Trinajstić information content (AvgIpc) is 2.13. The fourth-order valence-electron chi connectivity index (χ4n) is 2.44. The maximum absolute atomic E-state index is 3.65. The van der Waals surface area contributed by atoms with E-state index in [2.05, 4.69) is 71.1 Å². The summed E-state index contributed by atoms with van der Waals surface area (Å²) in [6.07, 6.45) is 1.17. The van der Waals surface area contributed by atoms with E-state index in [-0.39, 0.29) is 17.9 Å². The number of aryl methyl sites for hydroxylation is 1. The first kappa shape index (κ1) is 17.5. The molecule has 1 aromatic rings. The Bertz CT molecular complexity index is 346. The first-order chi connectivity index (χ1) is 7.68. The van der Waals surface area contributed by atoms with E-state index in [9.17, 15) is 0 Å². The standard InChI is InChI=1S/C16H27N.ClH/c1-13-7-9-14(10-8-13)11-17-16(5,6)12-15(2,3)4;/h7-10,17H,11-12H2,1-6H3;1H. The Balaban J connectivity index is 0.00000289. The SMILES string of the molecule is Cc1ccc(CNC(C)(C)CC(C)(C)C)cc1.Cl. The molecule has 0 saturated heterocycles. The average molecular weight is 270 g/mol. The van der Waals surface area contributed by atoms with Crippen molar-refractivity contribution >= 4 is 12.4 Å². The lowest BCUT2D eigenvalue weighted by Crippen LogP contribution is -2.41. The maximum Gasteiger partial charge on any atom is 0.0210 e. The van der Waals surface area contributed by atoms with E-state index in [4.69, 9.17) is 0 Å². The van der Waals surface area contributed by atoms with Crippen molar-refractivity contribution in [1.82, 2.24) is 5.32 Å². The van der Waals surface area contributed by atoms with Gasteiger partial charge in [-0.25, -0.2) is 0 Å². The summed E-state index contributed by atoms with van der Waals surface area (Å²) in [7, 11) is 0. The van der Waals surface area contributed by atoms with E-state index in [1.54, 1.807) is 0 Å². The molecule has 0 saturated carbocycles. The second-order valence-corrected chi connectivity index (χ2v) is 6.96. The lowest BCUT2D eigenvalue weighted by molar-refractivity contribution is 0.241. The molecular weight excluding hydrogens is 242 g/mol. The molecule has 104 valence electrons. The topological polar surface area (TPSA) is 12.0 Å². The van der Waals surface area contributed by atoms with Gasteiger partial charge in [0.15, 0.2) is 0 Å². The van der Waals surface area contributed by atoms with Gasteiger partial charge in [-0.05, 0) is 38.2 Å². The summed E-state index contributed by atoms with van der Waals surface area (Å²) in [5.74, 6) is 0. The summed E-state index contributed by atoms with van der Waals surface area (Å²) in [6, 6.07) is 8.76. The van der Waals surface area contributed by atoms with Crippen LogP contribution in [0, 0.1) is 12.3 Å². The molecule has 0 atom stereocenters. The number of benzene rings is 1. The molecule has 2 heteroatoms. The molecule has 0 bridgehead atoms. The Hall–Kier alpha value is -0.530. The fourth-order valence-corrected chi connectivity index (χ4v) is 2.44. The molecule has 0 aliphatic carbocycles. The minimum atomic E-state index is 0. The van der Waals surface area contributed by atoms with E-state index >= 15 is 0 Å². The largest absolute Gasteiger partial charge is 0.308 e. The molecule has 0 unspecified atom stereocenters. The highest BCUT2D eigenvalue weighted by Crippen LogP contribution is 2.26. The van der Waals surface area contributed by atoms with Gasteiger partial charge in [-0.15, -0.1) is 12.4 Å². The third kappa shape index (κ3) is 7.03. The highest BCUT2D eigenvalue weighted by molar-refractivity contribution is 5.85. The van der Waals surface area contributed by atoms with Crippen LogP contribution in [0.1, 0.15) is 52.2 Å². The van der Waals surface area contributed by atoms with Gasteiger partial charge in [0, 0.05) is 12.1 Å². The Morgan fingerprint density at radius 1 is 0.944 bits per heavy atom. The summed E-state index contributed by atoms with van der Waals surface area (Å²) in [5, 5.41) is 3.65. The normalized spacial score (nSPS) is 12.1. The van der Waals surface area contributed by atoms with Crippen LogP contribution in [0.25, 0.3) is 0 Å². The molecule has 0 radical (unpaired) electrons. The van der Waals surface area contributed by atoms with Gasteiger partial charge in [-0.2, -0.15) is 0 Å². The first-order valence-corrected chi connectivity index (χ1v) is 6.49. The predicted octanol–water partition coefficient (Wildman–Crippen LogP) is 4.72. The molecule has 0 aliphatic heterocycles. The maximum atomic E-state index is 3.65. The van der Waals surface area contributed by atoms with E-state index < -0.39 is 0 Å². The van der Waals surface area contributed by atoms with Crippen LogP contribution in [-0.4, -0.2) is 5.54 Å². The molecule has 1 nitrogen and oxygen atoms in total. The Morgan fingerprint density at radius 2 is 1.44 bits per heavy atom. The van der Waals surface area contributed by atoms with Gasteiger partial charge in [0.1, 0.15) is 0 Å². The van der Waals surface area contributed by atoms with Crippen molar-refractivity contribution in [2.24, 2.45) is 5.41 Å². The van der Waals surface area contributed by atoms with Crippen LogP contribution in [0.2, 0.25) is 0 Å². The minimum absolute atomic E-state index is 0. The molecular formula is C16H28ClN. The first-order valence-electron chi connectivity index (χ1n) is 6.49. The molecule has 0 amide bonds. The zero-order chi connectivity index (χ0) is 13.1. The zero-order valence-electron chi connectivity index (χ0n) is 12.6. The molecule has 0 spiro atoms. The van der Waals surface area contributed by atoms with Gasteiger partial charge in [0.05, 0.1) is 0 Å². The smallest absolute Gasteiger partial charge is 0.0210 e. The van der Waals surface area contributed by atoms with Crippen molar-refractivity contribution in [2.45, 2.75) is 60.0 Å². The summed E-state index contributed by atoms with van der Waals surface area (Å²) < 4.78 is 0. The predicted molar refractivity (Wildman–Crippen MR) is 83.4 cm³/mol. The van der Waals surface area contributed by atoms with Gasteiger partial charge in [-0.3, -0.25) is 0 Å². The molecule has 0 aliphatic rings. The highest BCUT2D eigenvalue weighted by atomic mass is 35.5. The summed E-state index contributed by atoms with van der Waals surface area (Å²) >= 11 is 0. The highest BCUT2D eigenvalue weighted by Gasteiger charge is 2.24. The van der Waals surface area contributed by atoms with E-state index in [0.29, 0.717) is 5.41 Å². The Morgan fingerprint density at radius 3 is 1.89 bits per heavy atom. The van der Waals surface area contributed by atoms with Crippen LogP contribution >= 0.6 is 12.4 Å². The quantitative estimate of drug-likeness (QED) is 0.834. The molecule has 1 N–H and O–H groups in total. The van der Waals surface area contributed by atoms with Crippen LogP contribution in [0.5, 0.6) is 0 Å². The van der Waals surface area contributed by atoms with Crippen molar-refractivity contribution in [1.29, 1.82) is 0 Å². The van der Waals surface area contributed by atoms with E-state index in [1.807, 2.05) is 0 Å². The second-order valence-electron chi connectivity index (χ2n) is 6.96. The van der Waals surface area contributed by atoms with E-state index in [0.717, 1.165) is 6.54 Å². The number of halogens is 1. The number of nitrogens with one attached hydrogen (secondary N) is 1. The zero-order valence-corrected chi connectivity index (χ0v) is 13.4. The summed E-state index contributed by atoms with van der Waals surface area (Å²) in [4.78, 5) is 0. The van der Waals surface area contributed by atoms with Crippen LogP contribution < -0.4 is 5.32 Å². The monoisotopic (exact) mass is 269 g/mol. The molecule has 0 fully saturated rings. The number of hydrogen-bond acceptors (Lipinski definition) is 1. The third-order valence-electron chi connectivity index (χ3n) is 2.86. The van der Waals surface area contributed by atoms with Crippen molar-refractivity contribution in [3.05, 3.63) is 35.4 Å². The van der Waals surface area contributed by atoms with E-state index in [1.165, 1.54) is 17.5 Å². The van der Waals surface area contributed by atoms with Crippen molar-refractivity contribution in [3.8, 4) is 0 Å². The molecule has 1 rings (SSSR count). The van der Waals surface area contributed by atoms with Gasteiger partial charge >= 0.3 is 0 Å².